The van der Waals surface area contributed by atoms with E-state index in [1.54, 1.807) is 23.3 Å². The lowest BCUT2D eigenvalue weighted by molar-refractivity contribution is 0.100. The second-order valence-electron chi connectivity index (χ2n) is 5.45. The summed E-state index contributed by atoms with van der Waals surface area (Å²) in [6.45, 7) is 2.38. The summed E-state index contributed by atoms with van der Waals surface area (Å²) in [5.41, 5.74) is 8.27. The van der Waals surface area contributed by atoms with Crippen LogP contribution in [0.4, 0.5) is 17.5 Å². The first kappa shape index (κ1) is 16.4. The first-order chi connectivity index (χ1) is 12.0. The van der Waals surface area contributed by atoms with Crippen LogP contribution < -0.4 is 16.4 Å². The fourth-order valence-corrected chi connectivity index (χ4v) is 2.26. The minimum Gasteiger partial charge on any atom is -0.365 e. The topological polar surface area (TPSA) is 124 Å². The molecule has 0 radical (unpaired) electrons. The molecule has 0 saturated carbocycles. The third-order valence-corrected chi connectivity index (χ3v) is 3.58. The Morgan fingerprint density at radius 3 is 2.84 bits per heavy atom. The molecule has 3 heterocycles. The average Bonchev–Trinajstić information content (AvgIpc) is 2.99. The second kappa shape index (κ2) is 6.95. The Morgan fingerprint density at radius 1 is 1.32 bits per heavy atom. The summed E-state index contributed by atoms with van der Waals surface area (Å²) in [7, 11) is 1.81. The number of hydrogen-bond donors (Lipinski definition) is 3. The zero-order valence-electron chi connectivity index (χ0n) is 13.9. The third kappa shape index (κ3) is 3.89. The summed E-state index contributed by atoms with van der Waals surface area (Å²) in [6, 6.07) is 3.81. The molecule has 3 aromatic rings. The lowest BCUT2D eigenvalue weighted by Gasteiger charge is -2.11. The van der Waals surface area contributed by atoms with Gasteiger partial charge in [-0.15, -0.1) is 0 Å². The number of nitrogens with zero attached hydrogens (tertiary/aromatic N) is 5. The number of nitrogens with one attached hydrogen (secondary N) is 2. The molecule has 0 bridgehead atoms. The van der Waals surface area contributed by atoms with Gasteiger partial charge in [0.15, 0.2) is 0 Å². The van der Waals surface area contributed by atoms with Gasteiger partial charge in [-0.2, -0.15) is 10.1 Å². The maximum absolute atomic E-state index is 11.6. The first-order valence-electron chi connectivity index (χ1n) is 7.60. The van der Waals surface area contributed by atoms with E-state index in [0.29, 0.717) is 18.3 Å². The molecular formula is C16H18N8O. The summed E-state index contributed by atoms with van der Waals surface area (Å²) in [5.74, 6) is 0.0962. The highest BCUT2D eigenvalue weighted by atomic mass is 16.1. The number of anilines is 3. The van der Waals surface area contributed by atoms with Crippen LogP contribution in [0, 0.1) is 6.92 Å². The molecule has 0 aromatic carbocycles. The predicted molar refractivity (Wildman–Crippen MR) is 93.3 cm³/mol. The molecule has 25 heavy (non-hydrogen) atoms. The molecule has 0 saturated heterocycles. The van der Waals surface area contributed by atoms with E-state index in [0.717, 1.165) is 16.9 Å². The summed E-state index contributed by atoms with van der Waals surface area (Å²) in [6.07, 6.45) is 6.57. The van der Waals surface area contributed by atoms with Crippen molar-refractivity contribution in [2.45, 2.75) is 13.5 Å². The molecule has 0 atom stereocenters. The van der Waals surface area contributed by atoms with Crippen LogP contribution in [0.3, 0.4) is 0 Å². The van der Waals surface area contributed by atoms with Gasteiger partial charge in [-0.3, -0.25) is 14.5 Å². The molecule has 0 aliphatic rings. The molecule has 3 aromatic heterocycles. The number of hydrogen-bond acceptors (Lipinski definition) is 7. The average molecular weight is 338 g/mol. The second-order valence-corrected chi connectivity index (χ2v) is 5.45. The van der Waals surface area contributed by atoms with Gasteiger partial charge in [0.1, 0.15) is 5.82 Å². The van der Waals surface area contributed by atoms with E-state index in [1.165, 1.54) is 6.20 Å². The van der Waals surface area contributed by atoms with E-state index >= 15 is 0 Å². The van der Waals surface area contributed by atoms with Crippen molar-refractivity contribution in [2.75, 3.05) is 10.6 Å². The smallest absolute Gasteiger partial charge is 0.254 e. The molecular weight excluding hydrogens is 320 g/mol. The highest BCUT2D eigenvalue weighted by Crippen LogP contribution is 2.18. The third-order valence-electron chi connectivity index (χ3n) is 3.58. The minimum absolute atomic E-state index is 0.221. The van der Waals surface area contributed by atoms with Crippen molar-refractivity contribution < 1.29 is 4.79 Å². The van der Waals surface area contributed by atoms with Gasteiger partial charge in [0.2, 0.25) is 5.95 Å². The molecule has 0 aliphatic carbocycles. The largest absolute Gasteiger partial charge is 0.365 e. The number of rotatable bonds is 6. The fraction of sp³-hybridized carbons (Fsp3) is 0.188. The number of carbonyl (C=O) groups excluding carboxylic acids is 1. The first-order valence-corrected chi connectivity index (χ1v) is 7.60. The SMILES string of the molecule is Cc1ncccc1CNc1nc(Nc2cnn(C)c2)ncc1C(N)=O. The van der Waals surface area contributed by atoms with E-state index in [2.05, 4.69) is 30.7 Å². The summed E-state index contributed by atoms with van der Waals surface area (Å²) >= 11 is 0. The summed E-state index contributed by atoms with van der Waals surface area (Å²) in [4.78, 5) is 24.3. The van der Waals surface area contributed by atoms with Crippen molar-refractivity contribution in [2.24, 2.45) is 12.8 Å². The highest BCUT2D eigenvalue weighted by Gasteiger charge is 2.13. The Hall–Kier alpha value is -3.49. The van der Waals surface area contributed by atoms with Crippen LogP contribution in [0.15, 0.2) is 36.9 Å². The van der Waals surface area contributed by atoms with E-state index < -0.39 is 5.91 Å². The van der Waals surface area contributed by atoms with E-state index in [9.17, 15) is 4.79 Å². The Morgan fingerprint density at radius 2 is 2.16 bits per heavy atom. The summed E-state index contributed by atoms with van der Waals surface area (Å²) in [5, 5.41) is 10.2. The number of pyridine rings is 1. The molecule has 0 spiro atoms. The Balaban J connectivity index is 1.83. The molecule has 0 unspecified atom stereocenters. The summed E-state index contributed by atoms with van der Waals surface area (Å²) < 4.78 is 1.66. The van der Waals surface area contributed by atoms with Gasteiger partial charge >= 0.3 is 0 Å². The van der Waals surface area contributed by atoms with Gasteiger partial charge in [0.05, 0.1) is 17.4 Å². The van der Waals surface area contributed by atoms with Gasteiger partial charge in [-0.1, -0.05) is 6.07 Å². The van der Waals surface area contributed by atoms with Crippen LogP contribution >= 0.6 is 0 Å². The Kier molecular flexibility index (Phi) is 4.55. The van der Waals surface area contributed by atoms with Crippen LogP contribution in [0.5, 0.6) is 0 Å². The highest BCUT2D eigenvalue weighted by molar-refractivity contribution is 5.97. The lowest BCUT2D eigenvalue weighted by Crippen LogP contribution is -2.17. The van der Waals surface area contributed by atoms with E-state index in [-0.39, 0.29) is 5.56 Å². The van der Waals surface area contributed by atoms with Crippen molar-refractivity contribution in [1.82, 2.24) is 24.7 Å². The molecule has 3 rings (SSSR count). The van der Waals surface area contributed by atoms with E-state index in [4.69, 9.17) is 5.73 Å². The fourth-order valence-electron chi connectivity index (χ4n) is 2.26. The number of aromatic nitrogens is 5. The van der Waals surface area contributed by atoms with Crippen LogP contribution in [-0.2, 0) is 13.6 Å². The molecule has 1 amide bonds. The Bertz CT molecular complexity index is 905. The standard InChI is InChI=1S/C16H18N8O/c1-10-11(4-3-5-18-10)6-19-15-13(14(17)25)8-20-16(23-15)22-12-7-21-24(2)9-12/h3-5,7-9H,6H2,1-2H3,(H2,17,25)(H2,19,20,22,23). The molecule has 0 aliphatic heterocycles. The van der Waals surface area contributed by atoms with Crippen LogP contribution in [0.1, 0.15) is 21.6 Å². The van der Waals surface area contributed by atoms with Crippen LogP contribution in [-0.4, -0.2) is 30.6 Å². The lowest BCUT2D eigenvalue weighted by atomic mass is 10.2. The van der Waals surface area contributed by atoms with Crippen molar-refractivity contribution in [3.8, 4) is 0 Å². The zero-order valence-corrected chi connectivity index (χ0v) is 13.9. The number of amides is 1. The number of primary amides is 1. The van der Waals surface area contributed by atoms with Gasteiger partial charge < -0.3 is 16.4 Å². The Labute approximate surface area is 144 Å². The molecule has 128 valence electrons. The maximum Gasteiger partial charge on any atom is 0.254 e. The molecule has 4 N–H and O–H groups in total. The maximum atomic E-state index is 11.6. The van der Waals surface area contributed by atoms with E-state index in [1.807, 2.05) is 26.1 Å². The number of nitrogens with two attached hydrogens (primary N) is 1. The number of aryl methyl sites for hydroxylation is 2. The molecule has 9 heteroatoms. The van der Waals surface area contributed by atoms with Gasteiger partial charge in [0, 0.05) is 37.9 Å². The minimum atomic E-state index is -0.599. The zero-order chi connectivity index (χ0) is 17.8. The van der Waals surface area contributed by atoms with Crippen LogP contribution in [0.25, 0.3) is 0 Å². The monoisotopic (exact) mass is 338 g/mol. The normalized spacial score (nSPS) is 10.5. The molecule has 9 nitrogen and oxygen atoms in total. The van der Waals surface area contributed by atoms with Gasteiger partial charge in [0.25, 0.3) is 5.91 Å². The molecule has 0 fully saturated rings. The predicted octanol–water partition coefficient (Wildman–Crippen LogP) is 1.37. The van der Waals surface area contributed by atoms with Gasteiger partial charge in [-0.05, 0) is 18.6 Å². The van der Waals surface area contributed by atoms with Crippen molar-refractivity contribution in [1.29, 1.82) is 0 Å². The van der Waals surface area contributed by atoms with Crippen molar-refractivity contribution in [3.63, 3.8) is 0 Å². The van der Waals surface area contributed by atoms with Gasteiger partial charge in [-0.25, -0.2) is 4.98 Å². The van der Waals surface area contributed by atoms with Crippen molar-refractivity contribution >= 4 is 23.4 Å². The number of carbonyl (C=O) groups is 1. The van der Waals surface area contributed by atoms with Crippen LogP contribution in [0.2, 0.25) is 0 Å². The van der Waals surface area contributed by atoms with Crippen molar-refractivity contribution in [3.05, 3.63) is 53.7 Å². The quantitative estimate of drug-likeness (QED) is 0.620.